The fourth-order valence-electron chi connectivity index (χ4n) is 2.81. The first-order chi connectivity index (χ1) is 11.4. The van der Waals surface area contributed by atoms with Crippen LogP contribution in [0, 0.1) is 0 Å². The minimum absolute atomic E-state index is 0.0414. The number of carbonyl (C=O) groups is 1. The van der Waals surface area contributed by atoms with Crippen molar-refractivity contribution < 1.29 is 18.0 Å². The van der Waals surface area contributed by atoms with Gasteiger partial charge in [-0.15, -0.1) is 5.10 Å². The Labute approximate surface area is 136 Å². The van der Waals surface area contributed by atoms with Gasteiger partial charge in [0.15, 0.2) is 0 Å². The second kappa shape index (κ2) is 6.58. The van der Waals surface area contributed by atoms with Crippen molar-refractivity contribution in [3.8, 4) is 0 Å². The van der Waals surface area contributed by atoms with E-state index in [1.54, 1.807) is 22.0 Å². The number of carbonyl (C=O) groups excluding carboxylic acids is 1. The zero-order valence-corrected chi connectivity index (χ0v) is 12.8. The number of aromatic nitrogens is 4. The Morgan fingerprint density at radius 1 is 1.33 bits per heavy atom. The zero-order chi connectivity index (χ0) is 17.2. The van der Waals surface area contributed by atoms with Crippen LogP contribution in [0.4, 0.5) is 13.2 Å². The quantitative estimate of drug-likeness (QED) is 0.859. The van der Waals surface area contributed by atoms with Gasteiger partial charge >= 0.3 is 6.18 Å². The van der Waals surface area contributed by atoms with Crippen molar-refractivity contribution in [1.82, 2.24) is 24.9 Å². The SMILES string of the molecule is O=C(Cc1cccc(C(F)(F)F)n1)N1CCCC(n2ccnn2)C1. The number of pyridine rings is 1. The van der Waals surface area contributed by atoms with Crippen LogP contribution in [-0.4, -0.2) is 43.9 Å². The van der Waals surface area contributed by atoms with E-state index >= 15 is 0 Å². The zero-order valence-electron chi connectivity index (χ0n) is 12.8. The lowest BCUT2D eigenvalue weighted by molar-refractivity contribution is -0.141. The minimum atomic E-state index is -4.51. The van der Waals surface area contributed by atoms with E-state index in [0.29, 0.717) is 13.1 Å². The van der Waals surface area contributed by atoms with Crippen LogP contribution < -0.4 is 0 Å². The summed E-state index contributed by atoms with van der Waals surface area (Å²) in [6.45, 7) is 1.06. The van der Waals surface area contributed by atoms with Crippen molar-refractivity contribution >= 4 is 5.91 Å². The molecule has 0 bridgehead atoms. The molecule has 1 aliphatic heterocycles. The van der Waals surface area contributed by atoms with Crippen molar-refractivity contribution in [1.29, 1.82) is 0 Å². The molecule has 1 saturated heterocycles. The molecule has 0 N–H and O–H groups in total. The number of hydrogen-bond acceptors (Lipinski definition) is 4. The first-order valence-corrected chi connectivity index (χ1v) is 7.60. The number of alkyl halides is 3. The topological polar surface area (TPSA) is 63.9 Å². The standard InChI is InChI=1S/C15H16F3N5O/c16-15(17,18)13-5-1-3-11(20-13)9-14(24)22-7-2-4-12(10-22)23-8-6-19-21-23/h1,3,5-6,8,12H,2,4,7,9-10H2. The molecule has 128 valence electrons. The Kier molecular flexibility index (Phi) is 4.50. The molecule has 6 nitrogen and oxygen atoms in total. The van der Waals surface area contributed by atoms with E-state index in [0.717, 1.165) is 18.9 Å². The summed E-state index contributed by atoms with van der Waals surface area (Å²) in [7, 11) is 0. The normalized spacial score (nSPS) is 18.6. The van der Waals surface area contributed by atoms with Gasteiger partial charge in [-0.05, 0) is 25.0 Å². The van der Waals surface area contributed by atoms with Crippen LogP contribution in [-0.2, 0) is 17.4 Å². The fraction of sp³-hybridized carbons (Fsp3) is 0.467. The van der Waals surface area contributed by atoms with Crippen molar-refractivity contribution in [3.05, 3.63) is 42.0 Å². The number of halogens is 3. The predicted octanol–water partition coefficient (Wildman–Crippen LogP) is 2.10. The van der Waals surface area contributed by atoms with Crippen molar-refractivity contribution in [2.75, 3.05) is 13.1 Å². The number of hydrogen-bond donors (Lipinski definition) is 0. The second-order valence-electron chi connectivity index (χ2n) is 5.71. The van der Waals surface area contributed by atoms with Crippen LogP contribution in [0.3, 0.4) is 0 Å². The highest BCUT2D eigenvalue weighted by Gasteiger charge is 2.33. The van der Waals surface area contributed by atoms with E-state index < -0.39 is 11.9 Å². The van der Waals surface area contributed by atoms with E-state index in [4.69, 9.17) is 0 Å². The summed E-state index contributed by atoms with van der Waals surface area (Å²) in [6.07, 6.45) is 0.359. The number of likely N-dealkylation sites (tertiary alicyclic amines) is 1. The lowest BCUT2D eigenvalue weighted by Crippen LogP contribution is -2.41. The van der Waals surface area contributed by atoms with Gasteiger partial charge in [-0.25, -0.2) is 9.67 Å². The Balaban J connectivity index is 1.66. The van der Waals surface area contributed by atoms with Crippen LogP contribution in [0.1, 0.15) is 30.3 Å². The van der Waals surface area contributed by atoms with E-state index in [1.165, 1.54) is 12.1 Å². The van der Waals surface area contributed by atoms with Gasteiger partial charge in [0.05, 0.1) is 24.4 Å². The Morgan fingerprint density at radius 2 is 2.17 bits per heavy atom. The Bertz CT molecular complexity index is 701. The van der Waals surface area contributed by atoms with Crippen molar-refractivity contribution in [2.24, 2.45) is 0 Å². The molecule has 9 heteroatoms. The van der Waals surface area contributed by atoms with Gasteiger partial charge in [0.25, 0.3) is 0 Å². The number of rotatable bonds is 3. The average Bonchev–Trinajstić information content (AvgIpc) is 3.09. The van der Waals surface area contributed by atoms with Gasteiger partial charge in [0.2, 0.25) is 5.91 Å². The highest BCUT2D eigenvalue weighted by Crippen LogP contribution is 2.27. The summed E-state index contributed by atoms with van der Waals surface area (Å²) >= 11 is 0. The average molecular weight is 339 g/mol. The van der Waals surface area contributed by atoms with Crippen LogP contribution in [0.5, 0.6) is 0 Å². The maximum Gasteiger partial charge on any atom is 0.433 e. The molecule has 3 rings (SSSR count). The molecule has 0 saturated carbocycles. The van der Waals surface area contributed by atoms with Gasteiger partial charge in [-0.2, -0.15) is 13.2 Å². The first kappa shape index (κ1) is 16.4. The first-order valence-electron chi connectivity index (χ1n) is 7.60. The van der Waals surface area contributed by atoms with Gasteiger partial charge in [0, 0.05) is 19.3 Å². The van der Waals surface area contributed by atoms with Gasteiger partial charge in [0.1, 0.15) is 5.69 Å². The predicted molar refractivity (Wildman–Crippen MR) is 77.8 cm³/mol. The maximum atomic E-state index is 12.7. The van der Waals surface area contributed by atoms with E-state index in [-0.39, 0.29) is 24.1 Å². The van der Waals surface area contributed by atoms with Gasteiger partial charge < -0.3 is 4.90 Å². The monoisotopic (exact) mass is 339 g/mol. The Hall–Kier alpha value is -2.45. The minimum Gasteiger partial charge on any atom is -0.340 e. The molecule has 1 fully saturated rings. The fourth-order valence-corrected chi connectivity index (χ4v) is 2.81. The summed E-state index contributed by atoms with van der Waals surface area (Å²) in [6, 6.07) is 3.65. The summed E-state index contributed by atoms with van der Waals surface area (Å²) in [5.41, 5.74) is -0.857. The van der Waals surface area contributed by atoms with Crippen LogP contribution in [0.25, 0.3) is 0 Å². The molecule has 0 aliphatic carbocycles. The third-order valence-corrected chi connectivity index (χ3v) is 3.99. The molecule has 2 aromatic rings. The van der Waals surface area contributed by atoms with E-state index in [9.17, 15) is 18.0 Å². The van der Waals surface area contributed by atoms with Crippen LogP contribution >= 0.6 is 0 Å². The number of piperidine rings is 1. The Morgan fingerprint density at radius 3 is 2.88 bits per heavy atom. The molecule has 1 unspecified atom stereocenters. The van der Waals surface area contributed by atoms with E-state index in [1.807, 2.05) is 0 Å². The van der Waals surface area contributed by atoms with Crippen LogP contribution in [0.2, 0.25) is 0 Å². The summed E-state index contributed by atoms with van der Waals surface area (Å²) in [4.78, 5) is 17.6. The van der Waals surface area contributed by atoms with Gasteiger partial charge in [-0.1, -0.05) is 11.3 Å². The maximum absolute atomic E-state index is 12.7. The molecule has 0 spiro atoms. The van der Waals surface area contributed by atoms with Crippen molar-refractivity contribution in [3.63, 3.8) is 0 Å². The van der Waals surface area contributed by atoms with Gasteiger partial charge in [-0.3, -0.25) is 4.79 Å². The lowest BCUT2D eigenvalue weighted by Gasteiger charge is -2.32. The molecular formula is C15H16F3N5O. The molecular weight excluding hydrogens is 323 g/mol. The summed E-state index contributed by atoms with van der Waals surface area (Å²) in [5, 5.41) is 7.71. The number of nitrogens with zero attached hydrogens (tertiary/aromatic N) is 5. The molecule has 2 aromatic heterocycles. The second-order valence-corrected chi connectivity index (χ2v) is 5.71. The third kappa shape index (κ3) is 3.72. The largest absolute Gasteiger partial charge is 0.433 e. The summed E-state index contributed by atoms with van der Waals surface area (Å²) in [5.74, 6) is -0.230. The molecule has 0 aromatic carbocycles. The molecule has 1 atom stereocenters. The lowest BCUT2D eigenvalue weighted by atomic mass is 10.1. The van der Waals surface area contributed by atoms with Crippen LogP contribution in [0.15, 0.2) is 30.6 Å². The molecule has 0 radical (unpaired) electrons. The number of amides is 1. The molecule has 3 heterocycles. The highest BCUT2D eigenvalue weighted by atomic mass is 19.4. The third-order valence-electron chi connectivity index (χ3n) is 3.99. The summed E-state index contributed by atoms with van der Waals surface area (Å²) < 4.78 is 39.8. The molecule has 24 heavy (non-hydrogen) atoms. The van der Waals surface area contributed by atoms with Crippen molar-refractivity contribution in [2.45, 2.75) is 31.5 Å². The molecule has 1 amide bonds. The highest BCUT2D eigenvalue weighted by molar-refractivity contribution is 5.78. The molecule has 1 aliphatic rings. The smallest absolute Gasteiger partial charge is 0.340 e. The van der Waals surface area contributed by atoms with E-state index in [2.05, 4.69) is 15.3 Å².